The summed E-state index contributed by atoms with van der Waals surface area (Å²) in [6.45, 7) is 3.50. The second-order valence-electron chi connectivity index (χ2n) is 6.78. The minimum absolute atomic E-state index is 0.0120. The van der Waals surface area contributed by atoms with Gasteiger partial charge < -0.3 is 4.90 Å². The lowest BCUT2D eigenvalue weighted by Crippen LogP contribution is -2.36. The molecule has 1 atom stereocenters. The summed E-state index contributed by atoms with van der Waals surface area (Å²) in [4.78, 5) is 6.68. The van der Waals surface area contributed by atoms with Gasteiger partial charge in [0.05, 0.1) is 5.56 Å². The predicted octanol–water partition coefficient (Wildman–Crippen LogP) is 4.60. The molecule has 0 aliphatic carbocycles. The number of piperidine rings is 1. The van der Waals surface area contributed by atoms with Crippen molar-refractivity contribution in [2.24, 2.45) is 0 Å². The molecular weight excluding hydrogens is 423 g/mol. The van der Waals surface area contributed by atoms with Crippen molar-refractivity contribution in [3.8, 4) is 0 Å². The molecule has 4 rings (SSSR count). The third-order valence-electron chi connectivity index (χ3n) is 4.86. The minimum Gasteiger partial charge on any atom is -0.356 e. The van der Waals surface area contributed by atoms with Gasteiger partial charge in [-0.2, -0.15) is 13.2 Å². The molecular formula is C18H17BrF3N5. The van der Waals surface area contributed by atoms with E-state index in [-0.39, 0.29) is 5.92 Å². The number of alkyl halides is 3. The van der Waals surface area contributed by atoms with Gasteiger partial charge in [0.15, 0.2) is 5.65 Å². The Morgan fingerprint density at radius 2 is 2.04 bits per heavy atom. The van der Waals surface area contributed by atoms with Gasteiger partial charge in [-0.05, 0) is 59.5 Å². The average Bonchev–Trinajstić information content (AvgIpc) is 3.04. The lowest BCUT2D eigenvalue weighted by Gasteiger charge is -2.33. The first-order valence-corrected chi connectivity index (χ1v) is 9.41. The number of fused-ring (bicyclic) bond motifs is 1. The number of hydrogen-bond acceptors (Lipinski definition) is 4. The van der Waals surface area contributed by atoms with Crippen molar-refractivity contribution in [2.75, 3.05) is 18.0 Å². The van der Waals surface area contributed by atoms with Gasteiger partial charge in [0.2, 0.25) is 0 Å². The highest BCUT2D eigenvalue weighted by atomic mass is 79.9. The molecule has 142 valence electrons. The normalized spacial score (nSPS) is 18.3. The Morgan fingerprint density at radius 1 is 1.22 bits per heavy atom. The molecule has 3 aromatic rings. The van der Waals surface area contributed by atoms with Crippen molar-refractivity contribution in [2.45, 2.75) is 31.9 Å². The molecule has 0 amide bonds. The van der Waals surface area contributed by atoms with E-state index in [4.69, 9.17) is 0 Å². The summed E-state index contributed by atoms with van der Waals surface area (Å²) in [5.74, 6) is 1.45. The smallest absolute Gasteiger partial charge is 0.356 e. The van der Waals surface area contributed by atoms with Crippen molar-refractivity contribution in [1.82, 2.24) is 19.6 Å². The lowest BCUT2D eigenvalue weighted by atomic mass is 9.97. The van der Waals surface area contributed by atoms with Crippen LogP contribution in [0.25, 0.3) is 5.65 Å². The van der Waals surface area contributed by atoms with Crippen LogP contribution < -0.4 is 4.90 Å². The molecule has 1 unspecified atom stereocenters. The fraction of sp³-hybridized carbons (Fsp3) is 0.389. The van der Waals surface area contributed by atoms with Crippen molar-refractivity contribution in [3.05, 3.63) is 52.0 Å². The van der Waals surface area contributed by atoms with Crippen molar-refractivity contribution in [1.29, 1.82) is 0 Å². The lowest BCUT2D eigenvalue weighted by molar-refractivity contribution is -0.137. The van der Waals surface area contributed by atoms with E-state index in [0.29, 0.717) is 18.0 Å². The van der Waals surface area contributed by atoms with E-state index in [1.54, 1.807) is 6.20 Å². The number of pyridine rings is 2. The highest BCUT2D eigenvalue weighted by molar-refractivity contribution is 9.10. The molecule has 1 fully saturated rings. The molecule has 0 bridgehead atoms. The third kappa shape index (κ3) is 3.52. The highest BCUT2D eigenvalue weighted by Gasteiger charge is 2.32. The number of rotatable bonds is 2. The van der Waals surface area contributed by atoms with Crippen molar-refractivity contribution < 1.29 is 13.2 Å². The molecule has 0 aromatic carbocycles. The monoisotopic (exact) mass is 439 g/mol. The molecule has 5 nitrogen and oxygen atoms in total. The van der Waals surface area contributed by atoms with Gasteiger partial charge in [-0.15, -0.1) is 10.2 Å². The molecule has 0 radical (unpaired) electrons. The number of aryl methyl sites for hydroxylation is 1. The molecule has 0 N–H and O–H groups in total. The molecule has 0 spiro atoms. The van der Waals surface area contributed by atoms with Gasteiger partial charge >= 0.3 is 6.18 Å². The minimum atomic E-state index is -4.40. The van der Waals surface area contributed by atoms with Gasteiger partial charge in [-0.1, -0.05) is 0 Å². The largest absolute Gasteiger partial charge is 0.417 e. The first kappa shape index (κ1) is 18.2. The maximum atomic E-state index is 13.1. The fourth-order valence-corrected chi connectivity index (χ4v) is 4.04. The van der Waals surface area contributed by atoms with Crippen LogP contribution in [-0.4, -0.2) is 32.7 Å². The quantitative estimate of drug-likeness (QED) is 0.585. The third-order valence-corrected chi connectivity index (χ3v) is 5.29. The summed E-state index contributed by atoms with van der Waals surface area (Å²) >= 11 is 3.42. The van der Waals surface area contributed by atoms with Crippen LogP contribution in [0.2, 0.25) is 0 Å². The molecule has 1 aliphatic rings. The first-order valence-electron chi connectivity index (χ1n) is 8.62. The second-order valence-corrected chi connectivity index (χ2v) is 7.70. The Kier molecular flexibility index (Phi) is 4.57. The van der Waals surface area contributed by atoms with Crippen molar-refractivity contribution in [3.63, 3.8) is 0 Å². The number of hydrogen-bond donors (Lipinski definition) is 0. The van der Waals surface area contributed by atoms with Crippen molar-refractivity contribution >= 4 is 27.4 Å². The van der Waals surface area contributed by atoms with E-state index in [0.717, 1.165) is 47.5 Å². The number of halogens is 4. The van der Waals surface area contributed by atoms with Crippen LogP contribution in [-0.2, 0) is 6.18 Å². The van der Waals surface area contributed by atoms with Crippen LogP contribution in [0.1, 0.15) is 35.7 Å². The zero-order valence-corrected chi connectivity index (χ0v) is 16.1. The van der Waals surface area contributed by atoms with Crippen LogP contribution in [0.15, 0.2) is 35.1 Å². The van der Waals surface area contributed by atoms with Gasteiger partial charge in [0.1, 0.15) is 11.6 Å². The molecule has 27 heavy (non-hydrogen) atoms. The maximum Gasteiger partial charge on any atom is 0.417 e. The van der Waals surface area contributed by atoms with Gasteiger partial charge in [-0.3, -0.25) is 4.40 Å². The fourth-order valence-electron chi connectivity index (χ4n) is 3.60. The summed E-state index contributed by atoms with van der Waals surface area (Å²) in [7, 11) is 0. The Labute approximate surface area is 162 Å². The van der Waals surface area contributed by atoms with E-state index in [1.807, 2.05) is 13.0 Å². The Bertz CT molecular complexity index is 985. The van der Waals surface area contributed by atoms with E-state index in [1.165, 1.54) is 10.5 Å². The summed E-state index contributed by atoms with van der Waals surface area (Å²) in [6.07, 6.45) is 0.215. The van der Waals surface area contributed by atoms with Gasteiger partial charge in [0, 0.05) is 35.9 Å². The van der Waals surface area contributed by atoms with Gasteiger partial charge in [-0.25, -0.2) is 4.98 Å². The molecule has 9 heteroatoms. The summed E-state index contributed by atoms with van der Waals surface area (Å²) < 4.78 is 41.6. The highest BCUT2D eigenvalue weighted by Crippen LogP contribution is 2.33. The van der Waals surface area contributed by atoms with E-state index >= 15 is 0 Å². The van der Waals surface area contributed by atoms with Crippen LogP contribution in [0, 0.1) is 6.92 Å². The van der Waals surface area contributed by atoms with Crippen LogP contribution in [0.3, 0.4) is 0 Å². The summed E-state index contributed by atoms with van der Waals surface area (Å²) in [6, 6.07) is 4.41. The summed E-state index contributed by atoms with van der Waals surface area (Å²) in [5.41, 5.74) is 0.776. The van der Waals surface area contributed by atoms with Gasteiger partial charge in [0.25, 0.3) is 0 Å². The standard InChI is InChI=1S/C18H17BrF3N5/c1-11-7-14(19)8-23-16(11)26-6-2-3-12(9-26)17-25-24-15-5-4-13(10-27(15)17)18(20,21)22/h4-5,7-8,10,12H,2-3,6,9H2,1H3. The number of anilines is 1. The SMILES string of the molecule is Cc1cc(Br)cnc1N1CCCC(c2nnc3ccc(C(F)(F)F)cn23)C1. The maximum absolute atomic E-state index is 13.1. The number of nitrogens with zero attached hydrogens (tertiary/aromatic N) is 5. The van der Waals surface area contributed by atoms with E-state index in [9.17, 15) is 13.2 Å². The summed E-state index contributed by atoms with van der Waals surface area (Å²) in [5, 5.41) is 8.25. The average molecular weight is 440 g/mol. The molecule has 4 heterocycles. The molecule has 0 saturated carbocycles. The van der Waals surface area contributed by atoms with E-state index < -0.39 is 11.7 Å². The first-order chi connectivity index (χ1) is 12.8. The number of aromatic nitrogens is 4. The Hall–Kier alpha value is -2.16. The molecule has 1 aliphatic heterocycles. The van der Waals surface area contributed by atoms with Crippen LogP contribution in [0.4, 0.5) is 19.0 Å². The Balaban J connectivity index is 1.67. The second kappa shape index (κ2) is 6.78. The van der Waals surface area contributed by atoms with E-state index in [2.05, 4.69) is 36.0 Å². The van der Waals surface area contributed by atoms with Crippen LogP contribution in [0.5, 0.6) is 0 Å². The van der Waals surface area contributed by atoms with Crippen LogP contribution >= 0.6 is 15.9 Å². The zero-order chi connectivity index (χ0) is 19.2. The molecule has 3 aromatic heterocycles. The predicted molar refractivity (Wildman–Crippen MR) is 98.9 cm³/mol. The topological polar surface area (TPSA) is 46.3 Å². The zero-order valence-electron chi connectivity index (χ0n) is 14.5. The Morgan fingerprint density at radius 3 is 2.78 bits per heavy atom. The molecule has 1 saturated heterocycles.